The Morgan fingerprint density at radius 3 is 1.81 bits per heavy atom. The zero-order valence-electron chi connectivity index (χ0n) is 35.9. The Hall–Kier alpha value is -7.11. The van der Waals surface area contributed by atoms with Gasteiger partial charge in [-0.05, 0) is 67.0 Å². The normalized spacial score (nSPS) is 14.9. The van der Waals surface area contributed by atoms with E-state index in [1.807, 2.05) is 24.3 Å². The number of fused-ring (bicyclic) bond motifs is 2. The molecule has 0 unspecified atom stereocenters. The van der Waals surface area contributed by atoms with Crippen molar-refractivity contribution >= 4 is 41.1 Å². The highest BCUT2D eigenvalue weighted by Crippen LogP contribution is 2.39. The largest absolute Gasteiger partial charge is 0.493 e. The number of hydrogen-bond acceptors (Lipinski definition) is 13. The van der Waals surface area contributed by atoms with Gasteiger partial charge in [0.1, 0.15) is 13.2 Å². The third kappa shape index (κ3) is 10.9. The predicted octanol–water partition coefficient (Wildman–Crippen LogP) is 6.32. The third-order valence-electron chi connectivity index (χ3n) is 10.7. The quantitative estimate of drug-likeness (QED) is 0.0567. The molecule has 1 aromatic heterocycles. The van der Waals surface area contributed by atoms with Crippen LogP contribution >= 0.6 is 0 Å². The molecule has 64 heavy (non-hydrogen) atoms. The van der Waals surface area contributed by atoms with E-state index in [0.717, 1.165) is 16.7 Å². The molecule has 6 rings (SSSR count). The number of nitrogens with one attached hydrogen (secondary N) is 2. The summed E-state index contributed by atoms with van der Waals surface area (Å²) in [6.07, 6.45) is 7.13. The Bertz CT molecular complexity index is 2340. The van der Waals surface area contributed by atoms with Crippen LogP contribution in [0.25, 0.3) is 0 Å². The molecule has 0 radical (unpaired) electrons. The lowest BCUT2D eigenvalue weighted by Gasteiger charge is -2.36. The molecule has 0 bridgehead atoms. The smallest absolute Gasteiger partial charge is 0.411 e. The number of aliphatic hydroxyl groups excluding tert-OH is 2. The monoisotopic (exact) mass is 879 g/mol. The first-order valence-electron chi connectivity index (χ1n) is 20.8. The van der Waals surface area contributed by atoms with E-state index >= 15 is 0 Å². The fraction of sp³-hybridized carbons (Fsp3) is 0.340. The molecule has 0 fully saturated rings. The van der Waals surface area contributed by atoms with Crippen LogP contribution < -0.4 is 34.5 Å². The van der Waals surface area contributed by atoms with E-state index in [1.165, 1.54) is 55.5 Å². The zero-order chi connectivity index (χ0) is 45.6. The second-order valence-electron chi connectivity index (χ2n) is 14.8. The summed E-state index contributed by atoms with van der Waals surface area (Å²) in [6.45, 7) is 7.24. The Balaban J connectivity index is 1.12. The van der Waals surface area contributed by atoms with Gasteiger partial charge in [-0.2, -0.15) is 0 Å². The van der Waals surface area contributed by atoms with Crippen molar-refractivity contribution in [3.8, 4) is 23.0 Å². The molecule has 0 aliphatic carbocycles. The second kappa shape index (κ2) is 22.3. The van der Waals surface area contributed by atoms with Crippen LogP contribution in [0.4, 0.5) is 26.7 Å². The molecular weight excluding hydrogens is 827 g/mol. The summed E-state index contributed by atoms with van der Waals surface area (Å²) in [6, 6.07) is 14.4. The summed E-state index contributed by atoms with van der Waals surface area (Å²) < 4.78 is 33.8. The number of carbonyl (C=O) groups excluding carboxylic acids is 4. The summed E-state index contributed by atoms with van der Waals surface area (Å²) in [7, 11) is 2.89. The molecule has 4 amide bonds. The minimum absolute atomic E-state index is 0.0490. The number of aliphatic hydroxyl groups is 2. The standard InChI is InChI=1S/C47H53N5O12/c1-5-16-63-46(57)49-37-24-42(40(59-3)22-35(37)44(55)51-27-31-13-9-8-12-30(31)20-33(51)28-53)61-18-10-7-11-19-62-43-25-38(50-47(58)64-17-6-2)36(23-41(43)60-4)45(56)52-34(29-54)21-32-26-48-15-14-39(32)52/h5-6,8-9,12-15,22-26,33-34,53-54H,1-2,7,10-11,16-21,27-29H2,3-4H3,(H,49,57)(H,50,58)/t33-,34-/m0/s1. The molecule has 338 valence electrons. The fourth-order valence-electron chi connectivity index (χ4n) is 7.58. The first kappa shape index (κ1) is 46.4. The summed E-state index contributed by atoms with van der Waals surface area (Å²) in [5, 5.41) is 25.7. The Labute approximate surface area is 371 Å². The van der Waals surface area contributed by atoms with Crippen LogP contribution in [-0.4, -0.2) is 110 Å². The lowest BCUT2D eigenvalue weighted by atomic mass is 9.93. The highest BCUT2D eigenvalue weighted by molar-refractivity contribution is 6.13. The van der Waals surface area contributed by atoms with Crippen molar-refractivity contribution in [3.63, 3.8) is 0 Å². The highest BCUT2D eigenvalue weighted by atomic mass is 16.6. The maximum absolute atomic E-state index is 14.2. The highest BCUT2D eigenvalue weighted by Gasteiger charge is 2.36. The van der Waals surface area contributed by atoms with Crippen LogP contribution in [-0.2, 0) is 28.9 Å². The van der Waals surface area contributed by atoms with Gasteiger partial charge < -0.3 is 48.4 Å². The molecule has 0 saturated heterocycles. The number of carbonyl (C=O) groups is 4. The fourth-order valence-corrected chi connectivity index (χ4v) is 7.58. The van der Waals surface area contributed by atoms with E-state index < -0.39 is 36.1 Å². The van der Waals surface area contributed by atoms with Crippen molar-refractivity contribution in [3.05, 3.63) is 120 Å². The summed E-state index contributed by atoms with van der Waals surface area (Å²) >= 11 is 0. The number of anilines is 3. The maximum Gasteiger partial charge on any atom is 0.411 e. The second-order valence-corrected chi connectivity index (χ2v) is 14.8. The van der Waals surface area contributed by atoms with Crippen LogP contribution in [0.1, 0.15) is 56.7 Å². The van der Waals surface area contributed by atoms with Crippen LogP contribution in [0.3, 0.4) is 0 Å². The number of nitrogens with zero attached hydrogens (tertiary/aromatic N) is 3. The third-order valence-corrected chi connectivity index (χ3v) is 10.7. The van der Waals surface area contributed by atoms with Gasteiger partial charge in [0, 0.05) is 31.1 Å². The molecule has 2 atom stereocenters. The predicted molar refractivity (Wildman–Crippen MR) is 238 cm³/mol. The van der Waals surface area contributed by atoms with Crippen molar-refractivity contribution in [2.75, 3.05) is 69.4 Å². The molecule has 2 aliphatic heterocycles. The summed E-state index contributed by atoms with van der Waals surface area (Å²) in [5.74, 6) is 0.155. The van der Waals surface area contributed by atoms with Crippen molar-refractivity contribution in [1.29, 1.82) is 0 Å². The number of rotatable bonds is 20. The van der Waals surface area contributed by atoms with Crippen LogP contribution in [0.5, 0.6) is 23.0 Å². The van der Waals surface area contributed by atoms with E-state index in [4.69, 9.17) is 28.4 Å². The molecule has 17 nitrogen and oxygen atoms in total. The first-order chi connectivity index (χ1) is 31.1. The molecule has 4 aromatic rings. The van der Waals surface area contributed by atoms with Gasteiger partial charge in [-0.25, -0.2) is 9.59 Å². The minimum Gasteiger partial charge on any atom is -0.493 e. The number of benzene rings is 3. The van der Waals surface area contributed by atoms with E-state index in [0.29, 0.717) is 37.8 Å². The molecular formula is C47H53N5O12. The number of methoxy groups -OCH3 is 2. The number of ether oxygens (including phenoxy) is 6. The lowest BCUT2D eigenvalue weighted by Crippen LogP contribution is -2.46. The molecule has 17 heteroatoms. The Kier molecular flexibility index (Phi) is 16.2. The van der Waals surface area contributed by atoms with Gasteiger partial charge in [0.25, 0.3) is 11.8 Å². The Morgan fingerprint density at radius 1 is 0.719 bits per heavy atom. The molecule has 0 spiro atoms. The SMILES string of the molecule is C=CCOC(=O)Nc1cc(OCCCCCOc2cc(NC(=O)OCC=C)c(C(=O)N3c4ccncc4C[C@H]3CO)cc2OC)c(OC)cc1C(=O)N1Cc2ccccc2C[C@H]1CO. The average Bonchev–Trinajstić information content (AvgIpc) is 3.70. The van der Waals surface area contributed by atoms with E-state index in [-0.39, 0.29) is 91.7 Å². The van der Waals surface area contributed by atoms with Gasteiger partial charge in [0.15, 0.2) is 23.0 Å². The van der Waals surface area contributed by atoms with E-state index in [2.05, 4.69) is 28.8 Å². The number of hydrogen-bond donors (Lipinski definition) is 4. The minimum atomic E-state index is -0.813. The topological polar surface area (TPSA) is 208 Å². The Morgan fingerprint density at radius 2 is 1.27 bits per heavy atom. The van der Waals surface area contributed by atoms with Gasteiger partial charge in [-0.3, -0.25) is 25.2 Å². The van der Waals surface area contributed by atoms with Crippen molar-refractivity contribution in [2.45, 2.75) is 50.7 Å². The molecule has 3 aromatic carbocycles. The maximum atomic E-state index is 14.2. The van der Waals surface area contributed by atoms with Crippen molar-refractivity contribution in [1.82, 2.24) is 9.88 Å². The molecule has 2 aliphatic rings. The number of amides is 4. The van der Waals surface area contributed by atoms with Crippen molar-refractivity contribution < 1.29 is 57.8 Å². The van der Waals surface area contributed by atoms with Crippen LogP contribution in [0.2, 0.25) is 0 Å². The van der Waals surface area contributed by atoms with Gasteiger partial charge in [0.2, 0.25) is 0 Å². The average molecular weight is 880 g/mol. The summed E-state index contributed by atoms with van der Waals surface area (Å²) in [5.41, 5.74) is 3.89. The molecule has 0 saturated carbocycles. The van der Waals surface area contributed by atoms with Gasteiger partial charge in [-0.1, -0.05) is 49.6 Å². The van der Waals surface area contributed by atoms with Gasteiger partial charge in [-0.15, -0.1) is 0 Å². The number of pyridine rings is 1. The number of unbranched alkanes of at least 4 members (excludes halogenated alkanes) is 2. The van der Waals surface area contributed by atoms with Gasteiger partial charge >= 0.3 is 12.2 Å². The van der Waals surface area contributed by atoms with E-state index in [1.54, 1.807) is 23.4 Å². The van der Waals surface area contributed by atoms with E-state index in [9.17, 15) is 29.4 Å². The van der Waals surface area contributed by atoms with Gasteiger partial charge in [0.05, 0.1) is 80.9 Å². The van der Waals surface area contributed by atoms with Crippen molar-refractivity contribution in [2.24, 2.45) is 0 Å². The molecule has 3 heterocycles. The van der Waals surface area contributed by atoms with Crippen LogP contribution in [0.15, 0.2) is 92.3 Å². The summed E-state index contributed by atoms with van der Waals surface area (Å²) in [4.78, 5) is 61.1. The zero-order valence-corrected chi connectivity index (χ0v) is 35.9. The van der Waals surface area contributed by atoms with Crippen LogP contribution in [0, 0.1) is 0 Å². The number of aromatic nitrogens is 1. The lowest BCUT2D eigenvalue weighted by molar-refractivity contribution is 0.0544. The molecule has 4 N–H and O–H groups in total. The first-order valence-corrected chi connectivity index (χ1v) is 20.8.